The summed E-state index contributed by atoms with van der Waals surface area (Å²) in [6, 6.07) is 14.2. The van der Waals surface area contributed by atoms with Crippen molar-refractivity contribution in [2.75, 3.05) is 0 Å². The fourth-order valence-electron chi connectivity index (χ4n) is 2.12. The van der Waals surface area contributed by atoms with Crippen molar-refractivity contribution in [1.82, 2.24) is 0 Å². The largest absolute Gasteiger partial charge is 0.219 e. The Hall–Kier alpha value is -1.61. The van der Waals surface area contributed by atoms with Gasteiger partial charge in [0.25, 0.3) is 0 Å². The number of benzene rings is 2. The number of hydrogen-bond acceptors (Lipinski definition) is 2. The highest BCUT2D eigenvalue weighted by Crippen LogP contribution is 2.25. The third-order valence-electron chi connectivity index (χ3n) is 3.26. The first-order valence-corrected chi connectivity index (χ1v) is 7.99. The normalized spacial score (nSPS) is 11.5. The Morgan fingerprint density at radius 2 is 1.58 bits per heavy atom. The van der Waals surface area contributed by atoms with E-state index in [1.54, 1.807) is 30.3 Å². The maximum atomic E-state index is 12.6. The summed E-state index contributed by atoms with van der Waals surface area (Å²) in [5.74, 6) is 0. The molecule has 2 aromatic carbocycles. The van der Waals surface area contributed by atoms with Crippen LogP contribution in [0.15, 0.2) is 58.3 Å². The fraction of sp³-hybridized carbons (Fsp3) is 0.250. The molecule has 0 heterocycles. The van der Waals surface area contributed by atoms with E-state index in [2.05, 4.69) is 6.92 Å². The van der Waals surface area contributed by atoms with Crippen molar-refractivity contribution >= 4 is 9.84 Å². The van der Waals surface area contributed by atoms with Crippen LogP contribution < -0.4 is 0 Å². The third-order valence-corrected chi connectivity index (χ3v) is 5.13. The van der Waals surface area contributed by atoms with Gasteiger partial charge in [0, 0.05) is 0 Å². The van der Waals surface area contributed by atoms with Crippen LogP contribution in [0.3, 0.4) is 0 Å². The molecule has 0 aliphatic rings. The van der Waals surface area contributed by atoms with Crippen molar-refractivity contribution in [3.05, 3.63) is 59.7 Å². The van der Waals surface area contributed by atoms with E-state index in [4.69, 9.17) is 0 Å². The van der Waals surface area contributed by atoms with Gasteiger partial charge in [-0.25, -0.2) is 8.42 Å². The van der Waals surface area contributed by atoms with Crippen molar-refractivity contribution in [3.63, 3.8) is 0 Å². The molecule has 0 N–H and O–H groups in total. The summed E-state index contributed by atoms with van der Waals surface area (Å²) in [5, 5.41) is 0. The van der Waals surface area contributed by atoms with Gasteiger partial charge in [0.2, 0.25) is 9.84 Å². The number of hydrogen-bond donors (Lipinski definition) is 0. The first kappa shape index (κ1) is 13.8. The van der Waals surface area contributed by atoms with Crippen LogP contribution in [0.1, 0.15) is 25.0 Å². The Balaban J connectivity index is 2.58. The first-order chi connectivity index (χ1) is 9.09. The van der Waals surface area contributed by atoms with Crippen LogP contribution in [-0.2, 0) is 22.7 Å². The molecule has 0 spiro atoms. The molecule has 0 aliphatic heterocycles. The Morgan fingerprint density at radius 1 is 0.895 bits per heavy atom. The topological polar surface area (TPSA) is 34.1 Å². The van der Waals surface area contributed by atoms with E-state index in [1.807, 2.05) is 25.1 Å². The van der Waals surface area contributed by atoms with E-state index in [0.717, 1.165) is 18.4 Å². The Kier molecular flexibility index (Phi) is 4.05. The van der Waals surface area contributed by atoms with Crippen molar-refractivity contribution < 1.29 is 8.42 Å². The summed E-state index contributed by atoms with van der Waals surface area (Å²) in [6.07, 6.45) is 1.63. The maximum absolute atomic E-state index is 12.6. The van der Waals surface area contributed by atoms with E-state index in [0.29, 0.717) is 9.79 Å². The maximum Gasteiger partial charge on any atom is 0.206 e. The van der Waals surface area contributed by atoms with Gasteiger partial charge >= 0.3 is 0 Å². The predicted molar refractivity (Wildman–Crippen MR) is 77.1 cm³/mol. The molecule has 0 saturated heterocycles. The zero-order valence-electron chi connectivity index (χ0n) is 11.3. The van der Waals surface area contributed by atoms with Crippen LogP contribution in [0.25, 0.3) is 0 Å². The molecule has 2 aromatic rings. The van der Waals surface area contributed by atoms with E-state index >= 15 is 0 Å². The minimum Gasteiger partial charge on any atom is -0.219 e. The molecular weight excluding hydrogens is 256 g/mol. The number of sulfone groups is 1. The summed E-state index contributed by atoms with van der Waals surface area (Å²) < 4.78 is 25.2. The molecular formula is C16H18O2S. The molecule has 0 amide bonds. The summed E-state index contributed by atoms with van der Waals surface area (Å²) in [6.45, 7) is 4.05. The average Bonchev–Trinajstić information content (AvgIpc) is 2.47. The third kappa shape index (κ3) is 2.71. The molecule has 0 bridgehead atoms. The van der Waals surface area contributed by atoms with E-state index in [9.17, 15) is 8.42 Å². The zero-order valence-corrected chi connectivity index (χ0v) is 12.1. The van der Waals surface area contributed by atoms with Crippen molar-refractivity contribution in [1.29, 1.82) is 0 Å². The Labute approximate surface area is 115 Å². The highest BCUT2D eigenvalue weighted by atomic mass is 32.2. The highest BCUT2D eigenvalue weighted by Gasteiger charge is 2.20. The summed E-state index contributed by atoms with van der Waals surface area (Å²) >= 11 is 0. The van der Waals surface area contributed by atoms with Gasteiger partial charge < -0.3 is 0 Å². The lowest BCUT2D eigenvalue weighted by atomic mass is 10.1. The summed E-state index contributed by atoms with van der Waals surface area (Å²) in [5.41, 5.74) is 2.06. The Morgan fingerprint density at radius 3 is 2.16 bits per heavy atom. The number of aryl methyl sites for hydroxylation is 2. The van der Waals surface area contributed by atoms with Crippen molar-refractivity contribution in [3.8, 4) is 0 Å². The molecule has 0 atom stereocenters. The molecule has 0 aromatic heterocycles. The summed E-state index contributed by atoms with van der Waals surface area (Å²) in [4.78, 5) is 0.785. The van der Waals surface area contributed by atoms with Crippen LogP contribution in [-0.4, -0.2) is 8.42 Å². The number of rotatable bonds is 4. The van der Waals surface area contributed by atoms with Crippen LogP contribution >= 0.6 is 0 Å². The first-order valence-electron chi connectivity index (χ1n) is 6.51. The van der Waals surface area contributed by atoms with Gasteiger partial charge in [0.05, 0.1) is 9.79 Å². The van der Waals surface area contributed by atoms with Gasteiger partial charge in [0.1, 0.15) is 0 Å². The van der Waals surface area contributed by atoms with Gasteiger partial charge in [-0.15, -0.1) is 0 Å². The monoisotopic (exact) mass is 274 g/mol. The molecule has 0 saturated carbocycles. The molecule has 3 heteroatoms. The lowest BCUT2D eigenvalue weighted by Gasteiger charge is -2.11. The molecule has 0 radical (unpaired) electrons. The van der Waals surface area contributed by atoms with Crippen molar-refractivity contribution in [2.45, 2.75) is 36.5 Å². The molecule has 100 valence electrons. The second-order valence-corrected chi connectivity index (χ2v) is 6.38. The van der Waals surface area contributed by atoms with Crippen LogP contribution in [0, 0.1) is 0 Å². The molecule has 0 unspecified atom stereocenters. The highest BCUT2D eigenvalue weighted by molar-refractivity contribution is 7.91. The molecule has 2 rings (SSSR count). The van der Waals surface area contributed by atoms with Crippen LogP contribution in [0.4, 0.5) is 0 Å². The van der Waals surface area contributed by atoms with Gasteiger partial charge in [0.15, 0.2) is 0 Å². The van der Waals surface area contributed by atoms with Gasteiger partial charge in [-0.3, -0.25) is 0 Å². The van der Waals surface area contributed by atoms with Crippen LogP contribution in [0.5, 0.6) is 0 Å². The average molecular weight is 274 g/mol. The minimum absolute atomic E-state index is 0.356. The van der Waals surface area contributed by atoms with Crippen molar-refractivity contribution in [2.24, 2.45) is 0 Å². The van der Waals surface area contributed by atoms with E-state index in [1.165, 1.54) is 5.56 Å². The minimum atomic E-state index is -3.41. The van der Waals surface area contributed by atoms with E-state index in [-0.39, 0.29) is 0 Å². The second kappa shape index (κ2) is 5.57. The second-order valence-electron chi connectivity index (χ2n) is 4.47. The van der Waals surface area contributed by atoms with E-state index < -0.39 is 9.84 Å². The lowest BCUT2D eigenvalue weighted by molar-refractivity contribution is 0.595. The van der Waals surface area contributed by atoms with Crippen LogP contribution in [0.2, 0.25) is 0 Å². The SMILES string of the molecule is CCc1ccc(S(=O)(=O)c2ccccc2)c(CC)c1. The fourth-order valence-corrected chi connectivity index (χ4v) is 3.68. The standard InChI is InChI=1S/C16H18O2S/c1-3-13-10-11-16(14(4-2)12-13)19(17,18)15-8-6-5-7-9-15/h5-12H,3-4H2,1-2H3. The quantitative estimate of drug-likeness (QED) is 0.853. The van der Waals surface area contributed by atoms with Gasteiger partial charge in [-0.1, -0.05) is 44.2 Å². The molecule has 0 aliphatic carbocycles. The predicted octanol–water partition coefficient (Wildman–Crippen LogP) is 3.64. The zero-order chi connectivity index (χ0) is 13.9. The molecule has 2 nitrogen and oxygen atoms in total. The molecule has 0 fully saturated rings. The van der Waals surface area contributed by atoms with Gasteiger partial charge in [-0.2, -0.15) is 0 Å². The Bertz CT molecular complexity index is 658. The van der Waals surface area contributed by atoms with Gasteiger partial charge in [-0.05, 0) is 42.2 Å². The smallest absolute Gasteiger partial charge is 0.206 e. The lowest BCUT2D eigenvalue weighted by Crippen LogP contribution is -2.06. The summed E-state index contributed by atoms with van der Waals surface area (Å²) in [7, 11) is -3.41. The molecule has 19 heavy (non-hydrogen) atoms.